The number of halogens is 3. The molecule has 0 aromatic heterocycles. The molecule has 0 aliphatic heterocycles. The number of alkyl halides is 3. The Morgan fingerprint density at radius 1 is 1.00 bits per heavy atom. The molecule has 144 valence electrons. The molecule has 1 aliphatic carbocycles. The molecule has 28 heavy (non-hydrogen) atoms. The lowest BCUT2D eigenvalue weighted by Crippen LogP contribution is -2.30. The van der Waals surface area contributed by atoms with Crippen molar-refractivity contribution >= 4 is 17.5 Å². The van der Waals surface area contributed by atoms with E-state index in [4.69, 9.17) is 5.26 Å². The third-order valence-corrected chi connectivity index (χ3v) is 4.09. The molecule has 1 aliphatic rings. The fourth-order valence-corrected chi connectivity index (χ4v) is 2.42. The van der Waals surface area contributed by atoms with Crippen LogP contribution in [-0.4, -0.2) is 17.9 Å². The zero-order valence-corrected chi connectivity index (χ0v) is 14.4. The molecular weight excluding hydrogens is 373 g/mol. The van der Waals surface area contributed by atoms with E-state index in [9.17, 15) is 22.8 Å². The van der Waals surface area contributed by atoms with Crippen molar-refractivity contribution in [1.29, 1.82) is 5.26 Å². The van der Waals surface area contributed by atoms with Gasteiger partial charge < -0.3 is 5.32 Å². The average Bonchev–Trinajstić information content (AvgIpc) is 3.49. The maximum Gasteiger partial charge on any atom is 0.418 e. The lowest BCUT2D eigenvalue weighted by molar-refractivity contribution is -0.137. The van der Waals surface area contributed by atoms with Gasteiger partial charge in [0.15, 0.2) is 0 Å². The van der Waals surface area contributed by atoms with E-state index in [0.29, 0.717) is 11.6 Å². The topological polar surface area (TPSA) is 94.0 Å². The van der Waals surface area contributed by atoms with Crippen LogP contribution in [-0.2, 0) is 6.18 Å². The summed E-state index contributed by atoms with van der Waals surface area (Å²) in [4.78, 5) is 24.1. The number of hydrogen-bond donors (Lipinski definition) is 3. The third-order valence-electron chi connectivity index (χ3n) is 4.09. The molecule has 0 radical (unpaired) electrons. The molecule has 0 heterocycles. The Kier molecular flexibility index (Phi) is 5.22. The van der Waals surface area contributed by atoms with E-state index >= 15 is 0 Å². The molecule has 0 atom stereocenters. The maximum absolute atomic E-state index is 13.1. The first kappa shape index (κ1) is 19.2. The Hall–Kier alpha value is -3.54. The highest BCUT2D eigenvalue weighted by atomic mass is 19.4. The predicted molar refractivity (Wildman–Crippen MR) is 94.2 cm³/mol. The van der Waals surface area contributed by atoms with Gasteiger partial charge in [0.05, 0.1) is 22.9 Å². The van der Waals surface area contributed by atoms with Crippen molar-refractivity contribution in [2.45, 2.75) is 25.1 Å². The summed E-state index contributed by atoms with van der Waals surface area (Å²) in [6.07, 6.45) is -2.79. The van der Waals surface area contributed by atoms with E-state index in [0.717, 1.165) is 18.9 Å². The quantitative estimate of drug-likeness (QED) is 0.686. The van der Waals surface area contributed by atoms with Gasteiger partial charge in [-0.3, -0.25) is 20.4 Å². The van der Waals surface area contributed by atoms with Gasteiger partial charge in [-0.1, -0.05) is 0 Å². The smallest absolute Gasteiger partial charge is 0.349 e. The van der Waals surface area contributed by atoms with Crippen LogP contribution in [0.15, 0.2) is 42.5 Å². The van der Waals surface area contributed by atoms with Crippen LogP contribution >= 0.6 is 0 Å². The summed E-state index contributed by atoms with van der Waals surface area (Å²) in [5.41, 5.74) is 3.36. The second-order valence-electron chi connectivity index (χ2n) is 6.27. The van der Waals surface area contributed by atoms with Gasteiger partial charge in [-0.25, -0.2) is 0 Å². The minimum Gasteiger partial charge on any atom is -0.349 e. The number of amides is 2. The fourth-order valence-electron chi connectivity index (χ4n) is 2.42. The van der Waals surface area contributed by atoms with Crippen LogP contribution in [0.1, 0.15) is 44.7 Å². The molecule has 0 bridgehead atoms. The van der Waals surface area contributed by atoms with Crippen LogP contribution in [0.2, 0.25) is 0 Å². The van der Waals surface area contributed by atoms with E-state index < -0.39 is 17.6 Å². The second kappa shape index (κ2) is 7.60. The van der Waals surface area contributed by atoms with Gasteiger partial charge in [-0.2, -0.15) is 18.4 Å². The molecule has 3 rings (SSSR count). The number of carbonyl (C=O) groups excluding carboxylic acids is 2. The van der Waals surface area contributed by atoms with Crippen LogP contribution in [0.4, 0.5) is 18.9 Å². The molecule has 0 unspecified atom stereocenters. The molecule has 1 fully saturated rings. The highest BCUT2D eigenvalue weighted by Gasteiger charge is 2.34. The van der Waals surface area contributed by atoms with Crippen molar-refractivity contribution in [3.8, 4) is 6.07 Å². The van der Waals surface area contributed by atoms with Gasteiger partial charge in [0.2, 0.25) is 0 Å². The van der Waals surface area contributed by atoms with Crippen LogP contribution < -0.4 is 16.2 Å². The summed E-state index contributed by atoms with van der Waals surface area (Å²) in [7, 11) is 0. The van der Waals surface area contributed by atoms with Crippen molar-refractivity contribution in [2.75, 3.05) is 5.43 Å². The van der Waals surface area contributed by atoms with E-state index in [1.165, 1.54) is 30.3 Å². The Bertz CT molecular complexity index is 945. The first-order valence-corrected chi connectivity index (χ1v) is 8.36. The van der Waals surface area contributed by atoms with Crippen molar-refractivity contribution in [2.24, 2.45) is 0 Å². The van der Waals surface area contributed by atoms with Crippen LogP contribution in [0.3, 0.4) is 0 Å². The maximum atomic E-state index is 13.1. The van der Waals surface area contributed by atoms with Gasteiger partial charge in [0.1, 0.15) is 0 Å². The fraction of sp³-hybridized carbons (Fsp3) is 0.211. The SMILES string of the molecule is N#Cc1ccc(NNC(=O)c2ccc(C(=O)NC3CC3)cc2)c(C(F)(F)F)c1. The van der Waals surface area contributed by atoms with Gasteiger partial charge in [-0.05, 0) is 55.3 Å². The van der Waals surface area contributed by atoms with Crippen molar-refractivity contribution in [3.05, 3.63) is 64.7 Å². The Morgan fingerprint density at radius 2 is 1.61 bits per heavy atom. The van der Waals surface area contributed by atoms with Gasteiger partial charge >= 0.3 is 6.18 Å². The molecule has 2 aromatic carbocycles. The van der Waals surface area contributed by atoms with Gasteiger partial charge in [-0.15, -0.1) is 0 Å². The van der Waals surface area contributed by atoms with Crippen molar-refractivity contribution in [1.82, 2.24) is 10.7 Å². The van der Waals surface area contributed by atoms with Gasteiger partial charge in [0, 0.05) is 17.2 Å². The van der Waals surface area contributed by atoms with Crippen molar-refractivity contribution in [3.63, 3.8) is 0 Å². The van der Waals surface area contributed by atoms with E-state index in [-0.39, 0.29) is 28.8 Å². The summed E-state index contributed by atoms with van der Waals surface area (Å²) in [5.74, 6) is -0.911. The highest BCUT2D eigenvalue weighted by Crippen LogP contribution is 2.35. The van der Waals surface area contributed by atoms with E-state index in [1.807, 2.05) is 0 Å². The van der Waals surface area contributed by atoms with Crippen LogP contribution in [0.5, 0.6) is 0 Å². The van der Waals surface area contributed by atoms with Crippen molar-refractivity contribution < 1.29 is 22.8 Å². The first-order chi connectivity index (χ1) is 13.3. The Labute approximate surface area is 158 Å². The number of hydrogen-bond acceptors (Lipinski definition) is 4. The lowest BCUT2D eigenvalue weighted by Gasteiger charge is -2.15. The predicted octanol–water partition coefficient (Wildman–Crippen LogP) is 3.23. The summed E-state index contributed by atoms with van der Waals surface area (Å²) < 4.78 is 39.4. The molecule has 0 saturated heterocycles. The standard InChI is InChI=1S/C19H15F3N4O2/c20-19(21,22)15-9-11(10-23)1-8-16(15)25-26-18(28)13-4-2-12(3-5-13)17(27)24-14-6-7-14/h1-5,8-9,14,25H,6-7H2,(H,24,27)(H,26,28). The van der Waals surface area contributed by atoms with E-state index in [1.54, 1.807) is 6.07 Å². The number of benzene rings is 2. The van der Waals surface area contributed by atoms with Crippen LogP contribution in [0.25, 0.3) is 0 Å². The minimum atomic E-state index is -4.70. The normalized spacial score (nSPS) is 13.4. The van der Waals surface area contributed by atoms with E-state index in [2.05, 4.69) is 16.2 Å². The second-order valence-corrected chi connectivity index (χ2v) is 6.27. The molecule has 0 spiro atoms. The Balaban J connectivity index is 1.67. The number of carbonyl (C=O) groups is 2. The third kappa shape index (κ3) is 4.59. The highest BCUT2D eigenvalue weighted by molar-refractivity contribution is 5.98. The number of anilines is 1. The average molecular weight is 388 g/mol. The largest absolute Gasteiger partial charge is 0.418 e. The van der Waals surface area contributed by atoms with Crippen LogP contribution in [0, 0.1) is 11.3 Å². The number of nitrogens with one attached hydrogen (secondary N) is 3. The number of rotatable bonds is 5. The summed E-state index contributed by atoms with van der Waals surface area (Å²) in [6.45, 7) is 0. The minimum absolute atomic E-state index is 0.149. The first-order valence-electron chi connectivity index (χ1n) is 8.36. The lowest BCUT2D eigenvalue weighted by atomic mass is 10.1. The summed E-state index contributed by atoms with van der Waals surface area (Å²) >= 11 is 0. The molecule has 9 heteroatoms. The molecule has 2 amide bonds. The molecule has 6 nitrogen and oxygen atoms in total. The summed E-state index contributed by atoms with van der Waals surface area (Å²) in [6, 6.07) is 10.6. The summed E-state index contributed by atoms with van der Waals surface area (Å²) in [5, 5.41) is 11.6. The number of nitriles is 1. The molecule has 3 N–H and O–H groups in total. The number of nitrogens with zero attached hydrogens (tertiary/aromatic N) is 1. The van der Waals surface area contributed by atoms with Gasteiger partial charge in [0.25, 0.3) is 11.8 Å². The monoisotopic (exact) mass is 388 g/mol. The molecule has 1 saturated carbocycles. The number of hydrazine groups is 1. The zero-order chi connectivity index (χ0) is 20.3. The zero-order valence-electron chi connectivity index (χ0n) is 14.4. The molecule has 2 aromatic rings. The molecular formula is C19H15F3N4O2. The Morgan fingerprint density at radius 3 is 2.14 bits per heavy atom.